The van der Waals surface area contributed by atoms with Crippen LogP contribution in [0.5, 0.6) is 5.75 Å². The third kappa shape index (κ3) is 1.42. The molecule has 0 radical (unpaired) electrons. The molecule has 3 N–H and O–H groups in total. The average molecular weight is 189 g/mol. The van der Waals surface area contributed by atoms with E-state index in [-0.39, 0.29) is 5.75 Å². The molecule has 0 aliphatic carbocycles. The zero-order chi connectivity index (χ0) is 10.1. The van der Waals surface area contributed by atoms with Crippen LogP contribution in [0.25, 0.3) is 11.3 Å². The number of aromatic hydroxyl groups is 1. The molecule has 0 saturated carbocycles. The number of hydrogen-bond donors (Lipinski definition) is 2. The monoisotopic (exact) mass is 189 g/mol. The molecule has 2 aromatic rings. The fourth-order valence-electron chi connectivity index (χ4n) is 1.39. The Morgan fingerprint density at radius 3 is 2.43 bits per heavy atom. The SMILES string of the molecule is Cn1nc(N)cc1-c1ccc(O)cc1. The molecule has 4 heteroatoms. The van der Waals surface area contributed by atoms with Gasteiger partial charge in [0.25, 0.3) is 0 Å². The minimum Gasteiger partial charge on any atom is -0.508 e. The average Bonchev–Trinajstić information content (AvgIpc) is 2.47. The lowest BCUT2D eigenvalue weighted by atomic mass is 10.1. The Bertz CT molecular complexity index is 445. The van der Waals surface area contributed by atoms with Crippen molar-refractivity contribution in [1.82, 2.24) is 9.78 Å². The Labute approximate surface area is 81.6 Å². The number of anilines is 1. The third-order valence-electron chi connectivity index (χ3n) is 2.06. The van der Waals surface area contributed by atoms with Crippen molar-refractivity contribution < 1.29 is 5.11 Å². The van der Waals surface area contributed by atoms with Crippen LogP contribution in [0.1, 0.15) is 0 Å². The standard InChI is InChI=1S/C10H11N3O/c1-13-9(6-10(11)12-13)7-2-4-8(14)5-3-7/h2-6,14H,1H3,(H2,11,12). The summed E-state index contributed by atoms with van der Waals surface area (Å²) in [6, 6.07) is 8.72. The molecule has 0 aliphatic rings. The molecule has 0 spiro atoms. The lowest BCUT2D eigenvalue weighted by Gasteiger charge is -2.00. The Balaban J connectivity index is 2.49. The van der Waals surface area contributed by atoms with Crippen molar-refractivity contribution in [3.05, 3.63) is 30.3 Å². The van der Waals surface area contributed by atoms with E-state index in [2.05, 4.69) is 5.10 Å². The van der Waals surface area contributed by atoms with Gasteiger partial charge in [-0.05, 0) is 24.3 Å². The molecule has 0 aliphatic heterocycles. The number of nitrogens with two attached hydrogens (primary N) is 1. The van der Waals surface area contributed by atoms with E-state index in [0.717, 1.165) is 11.3 Å². The van der Waals surface area contributed by atoms with Crippen LogP contribution in [-0.2, 0) is 7.05 Å². The largest absolute Gasteiger partial charge is 0.508 e. The van der Waals surface area contributed by atoms with Gasteiger partial charge in [0, 0.05) is 18.7 Å². The van der Waals surface area contributed by atoms with Gasteiger partial charge in [0.05, 0.1) is 5.69 Å². The predicted octanol–water partition coefficient (Wildman–Crippen LogP) is 1.37. The van der Waals surface area contributed by atoms with Gasteiger partial charge in [-0.25, -0.2) is 0 Å². The van der Waals surface area contributed by atoms with Gasteiger partial charge in [0.2, 0.25) is 0 Å². The van der Waals surface area contributed by atoms with E-state index in [1.54, 1.807) is 22.9 Å². The quantitative estimate of drug-likeness (QED) is 0.712. The number of benzene rings is 1. The molecular formula is C10H11N3O. The molecule has 4 nitrogen and oxygen atoms in total. The Morgan fingerprint density at radius 2 is 1.93 bits per heavy atom. The minimum absolute atomic E-state index is 0.254. The maximum Gasteiger partial charge on any atom is 0.146 e. The van der Waals surface area contributed by atoms with Gasteiger partial charge in [0.1, 0.15) is 11.6 Å². The van der Waals surface area contributed by atoms with Gasteiger partial charge in [-0.2, -0.15) is 5.10 Å². The summed E-state index contributed by atoms with van der Waals surface area (Å²) < 4.78 is 1.71. The van der Waals surface area contributed by atoms with Crippen LogP contribution in [0.2, 0.25) is 0 Å². The first-order valence-electron chi connectivity index (χ1n) is 4.26. The lowest BCUT2D eigenvalue weighted by molar-refractivity contribution is 0.475. The molecule has 0 saturated heterocycles. The van der Waals surface area contributed by atoms with Crippen LogP contribution in [0.4, 0.5) is 5.82 Å². The van der Waals surface area contributed by atoms with E-state index in [1.165, 1.54) is 0 Å². The van der Waals surface area contributed by atoms with Crippen molar-refractivity contribution in [2.75, 3.05) is 5.73 Å². The summed E-state index contributed by atoms with van der Waals surface area (Å²) in [7, 11) is 1.83. The van der Waals surface area contributed by atoms with Gasteiger partial charge >= 0.3 is 0 Å². The predicted molar refractivity (Wildman–Crippen MR) is 54.7 cm³/mol. The number of rotatable bonds is 1. The highest BCUT2D eigenvalue weighted by molar-refractivity contribution is 5.63. The Hall–Kier alpha value is -1.97. The molecule has 2 rings (SSSR count). The molecule has 1 heterocycles. The molecule has 0 atom stereocenters. The second-order valence-corrected chi connectivity index (χ2v) is 3.12. The van der Waals surface area contributed by atoms with Gasteiger partial charge in [0.15, 0.2) is 0 Å². The molecule has 72 valence electrons. The van der Waals surface area contributed by atoms with Crippen LogP contribution < -0.4 is 5.73 Å². The zero-order valence-corrected chi connectivity index (χ0v) is 7.81. The van der Waals surface area contributed by atoms with Crippen molar-refractivity contribution in [3.63, 3.8) is 0 Å². The zero-order valence-electron chi connectivity index (χ0n) is 7.81. The highest BCUT2D eigenvalue weighted by Gasteiger charge is 2.04. The first-order chi connectivity index (χ1) is 6.66. The smallest absolute Gasteiger partial charge is 0.146 e. The first kappa shape index (κ1) is 8.62. The van der Waals surface area contributed by atoms with Crippen LogP contribution in [-0.4, -0.2) is 14.9 Å². The van der Waals surface area contributed by atoms with Gasteiger partial charge in [-0.3, -0.25) is 4.68 Å². The second kappa shape index (κ2) is 3.06. The minimum atomic E-state index is 0.254. The summed E-state index contributed by atoms with van der Waals surface area (Å²) in [6.07, 6.45) is 0. The highest BCUT2D eigenvalue weighted by atomic mass is 16.3. The summed E-state index contributed by atoms with van der Waals surface area (Å²) in [4.78, 5) is 0. The third-order valence-corrected chi connectivity index (χ3v) is 2.06. The summed E-state index contributed by atoms with van der Waals surface area (Å²) in [5.41, 5.74) is 7.48. The molecule has 0 bridgehead atoms. The van der Waals surface area contributed by atoms with E-state index >= 15 is 0 Å². The molecule has 14 heavy (non-hydrogen) atoms. The van der Waals surface area contributed by atoms with Crippen LogP contribution in [0.3, 0.4) is 0 Å². The number of aryl methyl sites for hydroxylation is 1. The van der Waals surface area contributed by atoms with Crippen molar-refractivity contribution >= 4 is 5.82 Å². The van der Waals surface area contributed by atoms with Gasteiger partial charge in [-0.15, -0.1) is 0 Å². The number of hydrogen-bond acceptors (Lipinski definition) is 3. The van der Waals surface area contributed by atoms with Crippen LogP contribution >= 0.6 is 0 Å². The topological polar surface area (TPSA) is 64.1 Å². The van der Waals surface area contributed by atoms with Crippen molar-refractivity contribution in [2.24, 2.45) is 7.05 Å². The van der Waals surface area contributed by atoms with E-state index in [1.807, 2.05) is 19.2 Å². The van der Waals surface area contributed by atoms with E-state index in [9.17, 15) is 0 Å². The summed E-state index contributed by atoms with van der Waals surface area (Å²) in [5, 5.41) is 13.2. The van der Waals surface area contributed by atoms with E-state index in [0.29, 0.717) is 5.82 Å². The molecule has 1 aromatic carbocycles. The summed E-state index contributed by atoms with van der Waals surface area (Å²) in [5.74, 6) is 0.750. The first-order valence-corrected chi connectivity index (χ1v) is 4.26. The number of phenolic OH excluding ortho intramolecular Hbond substituents is 1. The van der Waals surface area contributed by atoms with Crippen LogP contribution in [0, 0.1) is 0 Å². The second-order valence-electron chi connectivity index (χ2n) is 3.12. The van der Waals surface area contributed by atoms with Gasteiger partial charge in [-0.1, -0.05) is 0 Å². The van der Waals surface area contributed by atoms with Crippen molar-refractivity contribution in [2.45, 2.75) is 0 Å². The Kier molecular flexibility index (Phi) is 1.89. The Morgan fingerprint density at radius 1 is 1.29 bits per heavy atom. The maximum atomic E-state index is 9.13. The van der Waals surface area contributed by atoms with E-state index in [4.69, 9.17) is 10.8 Å². The number of nitrogen functional groups attached to an aromatic ring is 1. The fourth-order valence-corrected chi connectivity index (χ4v) is 1.39. The fraction of sp³-hybridized carbons (Fsp3) is 0.100. The molecule has 0 unspecified atom stereocenters. The summed E-state index contributed by atoms with van der Waals surface area (Å²) in [6.45, 7) is 0. The number of aromatic nitrogens is 2. The maximum absolute atomic E-state index is 9.13. The normalized spacial score (nSPS) is 10.4. The lowest BCUT2D eigenvalue weighted by Crippen LogP contribution is -1.94. The molecular weight excluding hydrogens is 178 g/mol. The molecule has 0 fully saturated rings. The van der Waals surface area contributed by atoms with Crippen molar-refractivity contribution in [1.29, 1.82) is 0 Å². The molecule has 1 aromatic heterocycles. The highest BCUT2D eigenvalue weighted by Crippen LogP contribution is 2.22. The summed E-state index contributed by atoms with van der Waals surface area (Å²) >= 11 is 0. The van der Waals surface area contributed by atoms with Crippen molar-refractivity contribution in [3.8, 4) is 17.0 Å². The van der Waals surface area contributed by atoms with Crippen LogP contribution in [0.15, 0.2) is 30.3 Å². The number of phenols is 1. The van der Waals surface area contributed by atoms with Gasteiger partial charge < -0.3 is 10.8 Å². The van der Waals surface area contributed by atoms with E-state index < -0.39 is 0 Å². The number of nitrogens with zero attached hydrogens (tertiary/aromatic N) is 2. The molecule has 0 amide bonds.